The fraction of sp³-hybridized carbons (Fsp3) is 0.462. The average molecular weight is 401 g/mol. The Morgan fingerprint density at radius 3 is 2.52 bits per heavy atom. The third-order valence-electron chi connectivity index (χ3n) is 2.98. The van der Waals surface area contributed by atoms with Crippen molar-refractivity contribution in [1.29, 1.82) is 0 Å². The van der Waals surface area contributed by atoms with Gasteiger partial charge in [0.2, 0.25) is 0 Å². The molecule has 1 aromatic carbocycles. The van der Waals surface area contributed by atoms with Crippen molar-refractivity contribution in [2.75, 3.05) is 0 Å². The lowest BCUT2D eigenvalue weighted by Crippen LogP contribution is -2.34. The third kappa shape index (κ3) is 4.93. The molecule has 0 fully saturated rings. The molecule has 1 atom stereocenters. The molecule has 1 aromatic rings. The maximum absolute atomic E-state index is 13.7. The highest BCUT2D eigenvalue weighted by atomic mass is 79.9. The van der Waals surface area contributed by atoms with Crippen LogP contribution in [-0.4, -0.2) is 20.4 Å². The Balaban J connectivity index is 3.14. The van der Waals surface area contributed by atoms with E-state index < -0.39 is 25.7 Å². The summed E-state index contributed by atoms with van der Waals surface area (Å²) >= 11 is 2.82. The summed E-state index contributed by atoms with van der Waals surface area (Å²) in [5, 5.41) is 2.75. The van der Waals surface area contributed by atoms with Gasteiger partial charge in [-0.25, -0.2) is 12.8 Å². The van der Waals surface area contributed by atoms with Gasteiger partial charge in [-0.05, 0) is 40.9 Å². The first-order chi connectivity index (χ1) is 9.70. The Morgan fingerprint density at radius 2 is 2.05 bits per heavy atom. The van der Waals surface area contributed by atoms with Crippen molar-refractivity contribution in [2.24, 2.45) is 0 Å². The van der Waals surface area contributed by atoms with Crippen LogP contribution in [0, 0.1) is 5.82 Å². The molecule has 21 heavy (non-hydrogen) atoms. The van der Waals surface area contributed by atoms with E-state index >= 15 is 0 Å². The van der Waals surface area contributed by atoms with Crippen LogP contribution >= 0.6 is 26.6 Å². The highest BCUT2D eigenvalue weighted by Gasteiger charge is 2.22. The van der Waals surface area contributed by atoms with Gasteiger partial charge in [-0.15, -0.1) is 0 Å². The predicted molar refractivity (Wildman–Crippen MR) is 83.6 cm³/mol. The van der Waals surface area contributed by atoms with Crippen LogP contribution in [-0.2, 0) is 9.05 Å². The lowest BCUT2D eigenvalue weighted by Gasteiger charge is -2.16. The number of rotatable bonds is 6. The Bertz CT molecular complexity index is 637. The molecule has 1 amide bonds. The smallest absolute Gasteiger partial charge is 0.262 e. The number of hydrogen-bond donors (Lipinski definition) is 1. The van der Waals surface area contributed by atoms with Crippen LogP contribution in [0.1, 0.15) is 43.5 Å². The molecule has 0 spiro atoms. The van der Waals surface area contributed by atoms with E-state index in [9.17, 15) is 17.6 Å². The number of benzene rings is 1. The van der Waals surface area contributed by atoms with Crippen molar-refractivity contribution < 1.29 is 17.6 Å². The summed E-state index contributed by atoms with van der Waals surface area (Å²) < 4.78 is 36.3. The van der Waals surface area contributed by atoms with Crippen LogP contribution in [0.15, 0.2) is 21.5 Å². The van der Waals surface area contributed by atoms with E-state index in [4.69, 9.17) is 10.7 Å². The maximum Gasteiger partial charge on any atom is 0.262 e. The molecule has 0 aliphatic carbocycles. The zero-order chi connectivity index (χ0) is 16.2. The Kier molecular flexibility index (Phi) is 6.62. The zero-order valence-electron chi connectivity index (χ0n) is 11.6. The van der Waals surface area contributed by atoms with Crippen LogP contribution in [0.2, 0.25) is 0 Å². The third-order valence-corrected chi connectivity index (χ3v) is 5.40. The van der Waals surface area contributed by atoms with Crippen molar-refractivity contribution >= 4 is 41.6 Å². The highest BCUT2D eigenvalue weighted by Crippen LogP contribution is 2.29. The van der Waals surface area contributed by atoms with E-state index in [0.717, 1.165) is 31.4 Å². The molecule has 0 aromatic heterocycles. The fourth-order valence-electron chi connectivity index (χ4n) is 1.87. The van der Waals surface area contributed by atoms with Crippen LogP contribution in [0.4, 0.5) is 4.39 Å². The van der Waals surface area contributed by atoms with E-state index in [1.54, 1.807) is 0 Å². The van der Waals surface area contributed by atoms with Gasteiger partial charge in [0, 0.05) is 22.3 Å². The summed E-state index contributed by atoms with van der Waals surface area (Å²) in [5.41, 5.74) is -0.0792. The summed E-state index contributed by atoms with van der Waals surface area (Å²) in [6.07, 6.45) is 2.43. The molecule has 118 valence electrons. The minimum Gasteiger partial charge on any atom is -0.349 e. The Labute approximate surface area is 136 Å². The number of nitrogens with one attached hydrogen (secondary N) is 1. The number of carbonyl (C=O) groups excluding carboxylic acids is 1. The van der Waals surface area contributed by atoms with Gasteiger partial charge in [-0.3, -0.25) is 4.79 Å². The average Bonchev–Trinajstić information content (AvgIpc) is 2.39. The first-order valence-electron chi connectivity index (χ1n) is 6.45. The van der Waals surface area contributed by atoms with Gasteiger partial charge >= 0.3 is 0 Å². The van der Waals surface area contributed by atoms with E-state index in [1.165, 1.54) is 0 Å². The van der Waals surface area contributed by atoms with E-state index in [1.807, 2.05) is 13.8 Å². The summed E-state index contributed by atoms with van der Waals surface area (Å²) in [7, 11) is 1.09. The minimum absolute atomic E-state index is 0.0368. The molecule has 1 rings (SSSR count). The molecule has 0 saturated heterocycles. The molecular weight excluding hydrogens is 385 g/mol. The predicted octanol–water partition coefficient (Wildman–Crippen LogP) is 3.82. The van der Waals surface area contributed by atoms with Crippen molar-refractivity contribution in [2.45, 2.75) is 44.0 Å². The summed E-state index contributed by atoms with van der Waals surface area (Å²) in [4.78, 5) is 11.6. The largest absolute Gasteiger partial charge is 0.349 e. The number of hydrogen-bond acceptors (Lipinski definition) is 3. The number of amides is 1. The van der Waals surface area contributed by atoms with Gasteiger partial charge in [0.25, 0.3) is 15.0 Å². The quantitative estimate of drug-likeness (QED) is 0.738. The van der Waals surface area contributed by atoms with Crippen molar-refractivity contribution in [3.63, 3.8) is 0 Å². The molecule has 4 nitrogen and oxygen atoms in total. The summed E-state index contributed by atoms with van der Waals surface area (Å²) in [6.45, 7) is 3.92. The van der Waals surface area contributed by atoms with Crippen LogP contribution in [0.3, 0.4) is 0 Å². The standard InChI is InChI=1S/C13H16BrClFNO3S/c1-3-5-9(4-2)17-13(18)8-6-10(16)12(14)11(7-8)21(15,19)20/h6-7,9H,3-5H2,1-2H3,(H,17,18). The first kappa shape index (κ1) is 18.4. The Hall–Kier alpha value is -0.660. The molecule has 0 saturated carbocycles. The van der Waals surface area contributed by atoms with Gasteiger partial charge in [0.05, 0.1) is 4.47 Å². The second-order valence-corrected chi connectivity index (χ2v) is 7.90. The molecule has 1 unspecified atom stereocenters. The molecular formula is C13H16BrClFNO3S. The Morgan fingerprint density at radius 1 is 1.43 bits per heavy atom. The minimum atomic E-state index is -4.15. The van der Waals surface area contributed by atoms with Gasteiger partial charge < -0.3 is 5.32 Å². The molecule has 0 bridgehead atoms. The van der Waals surface area contributed by atoms with Gasteiger partial charge in [-0.1, -0.05) is 20.3 Å². The molecule has 1 N–H and O–H groups in total. The van der Waals surface area contributed by atoms with Crippen molar-refractivity contribution in [3.8, 4) is 0 Å². The van der Waals surface area contributed by atoms with Crippen molar-refractivity contribution in [3.05, 3.63) is 28.0 Å². The number of carbonyl (C=O) groups is 1. The molecule has 0 radical (unpaired) electrons. The molecule has 0 aliphatic rings. The van der Waals surface area contributed by atoms with Crippen LogP contribution < -0.4 is 5.32 Å². The monoisotopic (exact) mass is 399 g/mol. The van der Waals surface area contributed by atoms with E-state index in [2.05, 4.69) is 21.2 Å². The van der Waals surface area contributed by atoms with Gasteiger partial charge in [0.15, 0.2) is 0 Å². The van der Waals surface area contributed by atoms with E-state index in [-0.39, 0.29) is 16.1 Å². The highest BCUT2D eigenvalue weighted by molar-refractivity contribution is 9.10. The van der Waals surface area contributed by atoms with Crippen molar-refractivity contribution in [1.82, 2.24) is 5.32 Å². The summed E-state index contributed by atoms with van der Waals surface area (Å²) in [5.74, 6) is -1.38. The van der Waals surface area contributed by atoms with Gasteiger partial charge in [0.1, 0.15) is 10.7 Å². The summed E-state index contributed by atoms with van der Waals surface area (Å²) in [6, 6.07) is 2.00. The second-order valence-electron chi connectivity index (χ2n) is 4.58. The fourth-order valence-corrected chi connectivity index (χ4v) is 3.96. The normalized spacial score (nSPS) is 13.0. The molecule has 0 heterocycles. The second kappa shape index (κ2) is 7.56. The van der Waals surface area contributed by atoms with Gasteiger partial charge in [-0.2, -0.15) is 0 Å². The van der Waals surface area contributed by atoms with Crippen LogP contribution in [0.5, 0.6) is 0 Å². The SMILES string of the molecule is CCCC(CC)NC(=O)c1cc(F)c(Br)c(S(=O)(=O)Cl)c1. The van der Waals surface area contributed by atoms with Crippen LogP contribution in [0.25, 0.3) is 0 Å². The topological polar surface area (TPSA) is 63.2 Å². The molecule has 0 aliphatic heterocycles. The lowest BCUT2D eigenvalue weighted by molar-refractivity contribution is 0.0933. The van der Waals surface area contributed by atoms with E-state index in [0.29, 0.717) is 0 Å². The molecule has 8 heteroatoms. The lowest BCUT2D eigenvalue weighted by atomic mass is 10.1. The maximum atomic E-state index is 13.7. The zero-order valence-corrected chi connectivity index (χ0v) is 14.8. The first-order valence-corrected chi connectivity index (χ1v) is 9.55. The number of halogens is 3.